The van der Waals surface area contributed by atoms with E-state index >= 15 is 0 Å². The van der Waals surface area contributed by atoms with Gasteiger partial charge < -0.3 is 0 Å². The number of hydrogen-bond donors (Lipinski definition) is 1. The number of aryl methyl sites for hydroxylation is 2. The van der Waals surface area contributed by atoms with Crippen LogP contribution in [0.3, 0.4) is 0 Å². The summed E-state index contributed by atoms with van der Waals surface area (Å²) in [5, 5.41) is 14.3. The van der Waals surface area contributed by atoms with E-state index in [1.807, 2.05) is 55.5 Å². The Hall–Kier alpha value is -2.16. The molecule has 0 aliphatic rings. The number of para-hydroxylation sites is 1. The lowest BCUT2D eigenvalue weighted by Gasteiger charge is -1.98. The SMILES string of the molecule is CCc1ccccc1[N+](O)=Nc1ccccc1C. The highest BCUT2D eigenvalue weighted by Gasteiger charge is 2.15. The molecule has 0 saturated heterocycles. The number of nitrogens with zero attached hydrogens (tertiary/aromatic N) is 2. The monoisotopic (exact) mass is 241 g/mol. The van der Waals surface area contributed by atoms with E-state index < -0.39 is 0 Å². The van der Waals surface area contributed by atoms with E-state index in [0.29, 0.717) is 0 Å². The summed E-state index contributed by atoms with van der Waals surface area (Å²) in [7, 11) is 0. The zero-order valence-corrected chi connectivity index (χ0v) is 10.7. The average molecular weight is 241 g/mol. The van der Waals surface area contributed by atoms with Crippen molar-refractivity contribution in [2.75, 3.05) is 0 Å². The number of rotatable bonds is 3. The van der Waals surface area contributed by atoms with E-state index in [1.165, 1.54) is 0 Å². The van der Waals surface area contributed by atoms with Gasteiger partial charge >= 0.3 is 0 Å². The van der Waals surface area contributed by atoms with Crippen LogP contribution in [-0.4, -0.2) is 10.1 Å². The van der Waals surface area contributed by atoms with Gasteiger partial charge in [0.1, 0.15) is 10.5 Å². The van der Waals surface area contributed by atoms with E-state index in [4.69, 9.17) is 0 Å². The van der Waals surface area contributed by atoms with Crippen molar-refractivity contribution in [3.63, 3.8) is 0 Å². The number of benzene rings is 2. The van der Waals surface area contributed by atoms with Crippen molar-refractivity contribution >= 4 is 11.4 Å². The maximum absolute atomic E-state index is 10.1. The van der Waals surface area contributed by atoms with Crippen LogP contribution in [0.4, 0.5) is 11.4 Å². The van der Waals surface area contributed by atoms with Gasteiger partial charge in [0, 0.05) is 11.6 Å². The number of azo groups is 1. The summed E-state index contributed by atoms with van der Waals surface area (Å²) in [6.07, 6.45) is 0.858. The fraction of sp³-hybridized carbons (Fsp3) is 0.200. The molecule has 0 aliphatic heterocycles. The highest BCUT2D eigenvalue weighted by atomic mass is 16.5. The zero-order chi connectivity index (χ0) is 13.0. The van der Waals surface area contributed by atoms with Gasteiger partial charge in [-0.2, -0.15) is 0 Å². The molecule has 92 valence electrons. The minimum absolute atomic E-state index is 0.725. The van der Waals surface area contributed by atoms with Crippen molar-refractivity contribution in [1.29, 1.82) is 0 Å². The summed E-state index contributed by atoms with van der Waals surface area (Å²) in [4.78, 5) is 0.959. The van der Waals surface area contributed by atoms with Crippen LogP contribution in [0.1, 0.15) is 18.1 Å². The lowest BCUT2D eigenvalue weighted by atomic mass is 10.1. The second-order valence-corrected chi connectivity index (χ2v) is 4.16. The fourth-order valence-corrected chi connectivity index (χ4v) is 1.84. The average Bonchev–Trinajstić information content (AvgIpc) is 2.41. The molecule has 0 amide bonds. The third kappa shape index (κ3) is 2.56. The molecule has 0 atom stereocenters. The van der Waals surface area contributed by atoms with E-state index in [9.17, 15) is 5.21 Å². The Morgan fingerprint density at radius 1 is 1.06 bits per heavy atom. The molecule has 18 heavy (non-hydrogen) atoms. The third-order valence-corrected chi connectivity index (χ3v) is 2.91. The third-order valence-electron chi connectivity index (χ3n) is 2.91. The van der Waals surface area contributed by atoms with Crippen LogP contribution in [0.25, 0.3) is 0 Å². The van der Waals surface area contributed by atoms with Crippen molar-refractivity contribution in [2.24, 2.45) is 5.11 Å². The predicted molar refractivity (Wildman–Crippen MR) is 70.8 cm³/mol. The molecule has 0 saturated carbocycles. The molecule has 0 bridgehead atoms. The van der Waals surface area contributed by atoms with Gasteiger partial charge in [0.25, 0.3) is 5.69 Å². The van der Waals surface area contributed by atoms with Crippen LogP contribution < -0.4 is 0 Å². The molecule has 0 aromatic heterocycles. The molecule has 2 aromatic rings. The molecule has 0 heterocycles. The Kier molecular flexibility index (Phi) is 3.72. The minimum Gasteiger partial charge on any atom is -0.259 e. The highest BCUT2D eigenvalue weighted by Crippen LogP contribution is 2.23. The first kappa shape index (κ1) is 12.3. The second-order valence-electron chi connectivity index (χ2n) is 4.16. The van der Waals surface area contributed by atoms with Crippen molar-refractivity contribution < 1.29 is 10.1 Å². The first-order chi connectivity index (χ1) is 8.72. The summed E-state index contributed by atoms with van der Waals surface area (Å²) in [5.74, 6) is 0. The molecule has 0 spiro atoms. The van der Waals surface area contributed by atoms with Crippen LogP contribution in [-0.2, 0) is 6.42 Å². The van der Waals surface area contributed by atoms with Gasteiger partial charge in [-0.1, -0.05) is 43.3 Å². The Labute approximate surface area is 107 Å². The van der Waals surface area contributed by atoms with Gasteiger partial charge in [-0.25, -0.2) is 0 Å². The predicted octanol–water partition coefficient (Wildman–Crippen LogP) is 4.37. The lowest BCUT2D eigenvalue weighted by Crippen LogP contribution is -1.98. The van der Waals surface area contributed by atoms with Crippen LogP contribution in [0, 0.1) is 6.92 Å². The van der Waals surface area contributed by atoms with Gasteiger partial charge in [0.2, 0.25) is 0 Å². The first-order valence-electron chi connectivity index (χ1n) is 6.06. The van der Waals surface area contributed by atoms with E-state index in [2.05, 4.69) is 12.0 Å². The molecular weight excluding hydrogens is 224 g/mol. The van der Waals surface area contributed by atoms with Crippen molar-refractivity contribution in [1.82, 2.24) is 0 Å². The highest BCUT2D eigenvalue weighted by molar-refractivity contribution is 5.44. The molecule has 0 fully saturated rings. The standard InChI is InChI=1S/C15H17N2O/c1-3-13-9-5-7-11-15(13)17(18)16-14-10-6-4-8-12(14)2/h4-11H,3H2,1-2H3,(H,16,18)/q+1. The van der Waals surface area contributed by atoms with E-state index in [0.717, 1.165) is 33.8 Å². The first-order valence-corrected chi connectivity index (χ1v) is 6.06. The minimum atomic E-state index is 0.725. The molecule has 0 radical (unpaired) electrons. The Balaban J connectivity index is 2.42. The number of hydrogen-bond acceptors (Lipinski definition) is 1. The largest absolute Gasteiger partial charge is 0.292 e. The van der Waals surface area contributed by atoms with Crippen LogP contribution in [0.5, 0.6) is 0 Å². The topological polar surface area (TPSA) is 35.6 Å². The molecule has 1 N–H and O–H groups in total. The summed E-state index contributed by atoms with van der Waals surface area (Å²) >= 11 is 0. The summed E-state index contributed by atoms with van der Waals surface area (Å²) < 4.78 is 0. The van der Waals surface area contributed by atoms with Crippen LogP contribution >= 0.6 is 0 Å². The van der Waals surface area contributed by atoms with E-state index in [1.54, 1.807) is 0 Å². The van der Waals surface area contributed by atoms with Gasteiger partial charge in [0.15, 0.2) is 0 Å². The van der Waals surface area contributed by atoms with Crippen LogP contribution in [0.2, 0.25) is 0 Å². The summed E-state index contributed by atoms with van der Waals surface area (Å²) in [6, 6.07) is 15.4. The van der Waals surface area contributed by atoms with Gasteiger partial charge in [0.05, 0.1) is 5.11 Å². The smallest absolute Gasteiger partial charge is 0.259 e. The molecule has 2 rings (SSSR count). The van der Waals surface area contributed by atoms with Crippen molar-refractivity contribution in [2.45, 2.75) is 20.3 Å². The summed E-state index contributed by atoms with van der Waals surface area (Å²) in [5.41, 5.74) is 3.59. The second kappa shape index (κ2) is 5.45. The fourth-order valence-electron chi connectivity index (χ4n) is 1.84. The molecule has 2 aromatic carbocycles. The van der Waals surface area contributed by atoms with Gasteiger partial charge in [-0.05, 0) is 25.0 Å². The van der Waals surface area contributed by atoms with Gasteiger partial charge in [-0.15, -0.1) is 0 Å². The molecule has 0 aliphatic carbocycles. The van der Waals surface area contributed by atoms with E-state index in [-0.39, 0.29) is 0 Å². The molecule has 0 unspecified atom stereocenters. The normalized spacial score (nSPS) is 11.6. The lowest BCUT2D eigenvalue weighted by molar-refractivity contribution is -0.761. The van der Waals surface area contributed by atoms with Crippen molar-refractivity contribution in [3.8, 4) is 0 Å². The van der Waals surface area contributed by atoms with Crippen LogP contribution in [0.15, 0.2) is 53.6 Å². The maximum Gasteiger partial charge on any atom is 0.292 e. The Morgan fingerprint density at radius 2 is 1.72 bits per heavy atom. The molecule has 3 nitrogen and oxygen atoms in total. The van der Waals surface area contributed by atoms with Gasteiger partial charge in [-0.3, -0.25) is 5.21 Å². The Bertz CT molecular complexity index is 576. The maximum atomic E-state index is 10.1. The Morgan fingerprint density at radius 3 is 2.44 bits per heavy atom. The molecular formula is C15H17N2O+. The molecule has 3 heteroatoms. The quantitative estimate of drug-likeness (QED) is 0.483. The zero-order valence-electron chi connectivity index (χ0n) is 10.7. The van der Waals surface area contributed by atoms with Crippen molar-refractivity contribution in [3.05, 3.63) is 59.7 Å². The summed E-state index contributed by atoms with van der Waals surface area (Å²) in [6.45, 7) is 4.03.